The zero-order valence-corrected chi connectivity index (χ0v) is 25.1. The maximum Gasteiger partial charge on any atom is 0.319 e. The number of hydrogen-bond donors (Lipinski definition) is 4. The third-order valence-corrected chi connectivity index (χ3v) is 7.86. The molecule has 0 spiro atoms. The molecular formula is C31H38FN5O5S. The third kappa shape index (κ3) is 9.69. The minimum Gasteiger partial charge on any atom is -0.457 e. The molecule has 0 bridgehead atoms. The Bertz CT molecular complexity index is 1520. The number of amides is 3. The molecule has 43 heavy (non-hydrogen) atoms. The number of rotatable bonds is 12. The fourth-order valence-electron chi connectivity index (χ4n) is 5.16. The average molecular weight is 612 g/mol. The molecule has 5 N–H and O–H groups in total. The van der Waals surface area contributed by atoms with Gasteiger partial charge in [0.25, 0.3) is 5.91 Å². The van der Waals surface area contributed by atoms with Gasteiger partial charge < -0.3 is 21.1 Å². The van der Waals surface area contributed by atoms with Gasteiger partial charge in [0, 0.05) is 36.5 Å². The number of benzene rings is 3. The van der Waals surface area contributed by atoms with Crippen molar-refractivity contribution >= 4 is 33.3 Å². The minimum atomic E-state index is -3.34. The number of unbranched alkanes of at least 4 members (excludes halogenated alkanes) is 1. The van der Waals surface area contributed by atoms with Crippen molar-refractivity contribution in [3.8, 4) is 11.5 Å². The molecule has 12 heteroatoms. The molecule has 3 amide bonds. The monoisotopic (exact) mass is 611 g/mol. The number of ether oxygens (including phenoxy) is 1. The summed E-state index contributed by atoms with van der Waals surface area (Å²) in [7, 11) is -3.34. The number of nitrogens with one attached hydrogen (secondary N) is 3. The molecule has 0 saturated carbocycles. The van der Waals surface area contributed by atoms with Gasteiger partial charge in [0.05, 0.1) is 11.8 Å². The Morgan fingerprint density at radius 1 is 1.02 bits per heavy atom. The lowest BCUT2D eigenvalue weighted by Crippen LogP contribution is -2.50. The van der Waals surface area contributed by atoms with Crippen LogP contribution >= 0.6 is 0 Å². The lowest BCUT2D eigenvalue weighted by Gasteiger charge is -2.40. The number of hydrogen-bond acceptors (Lipinski definition) is 6. The zero-order chi connectivity index (χ0) is 31.0. The number of likely N-dealkylation sites (tertiary alicyclic amines) is 1. The molecule has 0 aromatic heterocycles. The molecule has 1 aliphatic rings. The number of nitrogens with two attached hydrogens (primary N) is 1. The summed E-state index contributed by atoms with van der Waals surface area (Å²) in [4.78, 5) is 26.6. The third-order valence-electron chi connectivity index (χ3n) is 7.26. The fraction of sp³-hybridized carbons (Fsp3) is 0.355. The van der Waals surface area contributed by atoms with Crippen LogP contribution in [0.3, 0.4) is 0 Å². The first-order valence-electron chi connectivity index (χ1n) is 14.2. The number of urea groups is 1. The van der Waals surface area contributed by atoms with Gasteiger partial charge in [0.15, 0.2) is 0 Å². The average Bonchev–Trinajstić information content (AvgIpc) is 2.95. The van der Waals surface area contributed by atoms with Crippen LogP contribution in [0.5, 0.6) is 11.5 Å². The molecule has 2 unspecified atom stereocenters. The van der Waals surface area contributed by atoms with Crippen LogP contribution in [0, 0.1) is 5.82 Å². The Hall–Kier alpha value is -4.16. The number of piperidine rings is 1. The molecule has 0 aliphatic carbocycles. The summed E-state index contributed by atoms with van der Waals surface area (Å²) < 4.78 is 44.9. The number of halogens is 1. The first kappa shape index (κ1) is 31.8. The maximum atomic E-state index is 13.8. The van der Waals surface area contributed by atoms with E-state index in [9.17, 15) is 22.4 Å². The smallest absolute Gasteiger partial charge is 0.319 e. The van der Waals surface area contributed by atoms with E-state index in [1.165, 1.54) is 12.1 Å². The lowest BCUT2D eigenvalue weighted by molar-refractivity contribution is 0.0996. The quantitative estimate of drug-likeness (QED) is 0.215. The Labute approximate surface area is 251 Å². The van der Waals surface area contributed by atoms with Crippen molar-refractivity contribution in [3.05, 3.63) is 83.7 Å². The number of sulfonamides is 1. The summed E-state index contributed by atoms with van der Waals surface area (Å²) in [5.41, 5.74) is 6.84. The molecule has 1 saturated heterocycles. The molecule has 3 aromatic carbocycles. The zero-order valence-electron chi connectivity index (χ0n) is 24.3. The summed E-state index contributed by atoms with van der Waals surface area (Å²) >= 11 is 0. The van der Waals surface area contributed by atoms with Gasteiger partial charge in [-0.2, -0.15) is 0 Å². The van der Waals surface area contributed by atoms with E-state index in [-0.39, 0.29) is 11.6 Å². The molecule has 1 fully saturated rings. The predicted octanol–water partition coefficient (Wildman–Crippen LogP) is 5.43. The second kappa shape index (κ2) is 14.3. The second-order valence-corrected chi connectivity index (χ2v) is 12.5. The highest BCUT2D eigenvalue weighted by Gasteiger charge is 2.29. The first-order valence-corrected chi connectivity index (χ1v) is 16.1. The van der Waals surface area contributed by atoms with Crippen LogP contribution in [-0.2, 0) is 16.6 Å². The number of anilines is 2. The van der Waals surface area contributed by atoms with E-state index >= 15 is 0 Å². The van der Waals surface area contributed by atoms with E-state index in [1.54, 1.807) is 24.3 Å². The summed E-state index contributed by atoms with van der Waals surface area (Å²) in [6.07, 6.45) is 5.85. The lowest BCUT2D eigenvalue weighted by atomic mass is 9.93. The van der Waals surface area contributed by atoms with Gasteiger partial charge in [-0.3, -0.25) is 14.4 Å². The summed E-state index contributed by atoms with van der Waals surface area (Å²) in [5, 5.41) is 5.71. The van der Waals surface area contributed by atoms with Crippen LogP contribution in [0.25, 0.3) is 0 Å². The highest BCUT2D eigenvalue weighted by Crippen LogP contribution is 2.27. The number of carbonyl (C=O) groups excluding carboxylic acids is 2. The Balaban J connectivity index is 1.31. The van der Waals surface area contributed by atoms with Crippen molar-refractivity contribution in [1.29, 1.82) is 0 Å². The molecule has 4 rings (SSSR count). The van der Waals surface area contributed by atoms with Crippen molar-refractivity contribution in [2.45, 2.75) is 57.7 Å². The van der Waals surface area contributed by atoms with Crippen molar-refractivity contribution < 1.29 is 27.1 Å². The van der Waals surface area contributed by atoms with E-state index in [0.29, 0.717) is 28.9 Å². The van der Waals surface area contributed by atoms with E-state index in [4.69, 9.17) is 10.5 Å². The van der Waals surface area contributed by atoms with Crippen LogP contribution in [0.2, 0.25) is 0 Å². The summed E-state index contributed by atoms with van der Waals surface area (Å²) in [5.74, 6) is -0.361. The summed E-state index contributed by atoms with van der Waals surface area (Å²) in [6.45, 7) is 3.74. The maximum absolute atomic E-state index is 13.8. The Kier molecular flexibility index (Phi) is 10.6. The largest absolute Gasteiger partial charge is 0.457 e. The molecule has 2 atom stereocenters. The van der Waals surface area contributed by atoms with Crippen LogP contribution in [0.4, 0.5) is 20.6 Å². The van der Waals surface area contributed by atoms with Gasteiger partial charge in [0.1, 0.15) is 17.3 Å². The van der Waals surface area contributed by atoms with Crippen LogP contribution < -0.4 is 25.8 Å². The standard InChI is InChI=1S/C31H38FN5O5S/c1-3-4-5-25-18-24(35-31(39)34-23-10-15-29(32)28(19-23)30(33)38)16-17-37(25)20-21-6-11-26(12-7-21)42-27-13-8-22(9-14-27)36-43(2,40)41/h6-15,19,24-25,36H,3-5,16-18,20H2,1-2H3,(H2,33,38)(H2,34,35,39). The fourth-order valence-corrected chi connectivity index (χ4v) is 5.73. The van der Waals surface area contributed by atoms with E-state index < -0.39 is 27.8 Å². The predicted molar refractivity (Wildman–Crippen MR) is 165 cm³/mol. The Morgan fingerprint density at radius 2 is 1.67 bits per heavy atom. The van der Waals surface area contributed by atoms with E-state index in [0.717, 1.165) is 63.1 Å². The van der Waals surface area contributed by atoms with Gasteiger partial charge in [-0.05, 0) is 79.4 Å². The van der Waals surface area contributed by atoms with Gasteiger partial charge in [0.2, 0.25) is 10.0 Å². The molecular weight excluding hydrogens is 573 g/mol. The Morgan fingerprint density at radius 3 is 2.30 bits per heavy atom. The summed E-state index contributed by atoms with van der Waals surface area (Å²) in [6, 6.07) is 18.2. The van der Waals surface area contributed by atoms with Gasteiger partial charge in [-0.25, -0.2) is 17.6 Å². The molecule has 0 radical (unpaired) electrons. The topological polar surface area (TPSA) is 143 Å². The highest BCUT2D eigenvalue weighted by molar-refractivity contribution is 7.92. The molecule has 10 nitrogen and oxygen atoms in total. The normalized spacial score (nSPS) is 17.2. The van der Waals surface area contributed by atoms with Gasteiger partial charge in [-0.1, -0.05) is 31.9 Å². The number of nitrogens with zero attached hydrogens (tertiary/aromatic N) is 1. The van der Waals surface area contributed by atoms with Crippen LogP contribution in [0.15, 0.2) is 66.7 Å². The SMILES string of the molecule is CCCCC1CC(NC(=O)Nc2ccc(F)c(C(N)=O)c2)CCN1Cc1ccc(Oc2ccc(NS(C)(=O)=O)cc2)cc1. The van der Waals surface area contributed by atoms with E-state index in [2.05, 4.69) is 27.2 Å². The van der Waals surface area contributed by atoms with Gasteiger partial charge >= 0.3 is 6.03 Å². The minimum absolute atomic E-state index is 0.0241. The molecule has 1 aliphatic heterocycles. The van der Waals surface area contributed by atoms with Gasteiger partial charge in [-0.15, -0.1) is 0 Å². The first-order chi connectivity index (χ1) is 20.5. The van der Waals surface area contributed by atoms with E-state index in [1.807, 2.05) is 24.3 Å². The van der Waals surface area contributed by atoms with Crippen molar-refractivity contribution in [1.82, 2.24) is 10.2 Å². The van der Waals surface area contributed by atoms with Crippen LogP contribution in [-0.4, -0.2) is 50.1 Å². The van der Waals surface area contributed by atoms with Crippen LogP contribution in [0.1, 0.15) is 54.9 Å². The molecule has 230 valence electrons. The van der Waals surface area contributed by atoms with Crippen molar-refractivity contribution in [2.24, 2.45) is 5.73 Å². The van der Waals surface area contributed by atoms with Crippen molar-refractivity contribution in [3.63, 3.8) is 0 Å². The number of primary amides is 1. The second-order valence-electron chi connectivity index (χ2n) is 10.8. The molecule has 3 aromatic rings. The highest BCUT2D eigenvalue weighted by atomic mass is 32.2. The molecule has 1 heterocycles. The number of carbonyl (C=O) groups is 2. The van der Waals surface area contributed by atoms with Crippen molar-refractivity contribution in [2.75, 3.05) is 22.8 Å².